The number of hydrogen-bond acceptors (Lipinski definition) is 5. The Morgan fingerprint density at radius 1 is 1.14 bits per heavy atom. The standard InChI is InChI=1S/C21H21N3O3S/c1-13-8-9-18(27-3)16(10-13)17-12-28-21(23-17)24-19(25)11-22-20(26)15-7-5-4-6-14(15)2/h4-10,12H,11H2,1-3H3,(H,22,26)(H,23,24,25). The molecule has 0 saturated heterocycles. The van der Waals surface area contributed by atoms with Crippen LogP contribution in [0.1, 0.15) is 21.5 Å². The van der Waals surface area contributed by atoms with Gasteiger partial charge in [0, 0.05) is 16.5 Å². The molecule has 0 aliphatic rings. The van der Waals surface area contributed by atoms with Gasteiger partial charge < -0.3 is 15.4 Å². The topological polar surface area (TPSA) is 80.3 Å². The van der Waals surface area contributed by atoms with Gasteiger partial charge in [-0.25, -0.2) is 4.98 Å². The van der Waals surface area contributed by atoms with Gasteiger partial charge in [0.25, 0.3) is 5.91 Å². The Bertz CT molecular complexity index is 1010. The zero-order valence-corrected chi connectivity index (χ0v) is 16.7. The number of methoxy groups -OCH3 is 1. The third-order valence-electron chi connectivity index (χ3n) is 4.18. The first-order valence-corrected chi connectivity index (χ1v) is 9.60. The number of carbonyl (C=O) groups is 2. The van der Waals surface area contributed by atoms with Crippen LogP contribution in [0.15, 0.2) is 47.8 Å². The summed E-state index contributed by atoms with van der Waals surface area (Å²) in [5.41, 5.74) is 4.10. The van der Waals surface area contributed by atoms with Gasteiger partial charge in [-0.2, -0.15) is 0 Å². The van der Waals surface area contributed by atoms with Crippen LogP contribution in [-0.2, 0) is 4.79 Å². The molecule has 1 aromatic heterocycles. The van der Waals surface area contributed by atoms with Crippen molar-refractivity contribution >= 4 is 28.3 Å². The fourth-order valence-electron chi connectivity index (χ4n) is 2.72. The third-order valence-corrected chi connectivity index (χ3v) is 4.94. The van der Waals surface area contributed by atoms with Gasteiger partial charge >= 0.3 is 0 Å². The molecular weight excluding hydrogens is 374 g/mol. The van der Waals surface area contributed by atoms with Crippen LogP contribution in [0.3, 0.4) is 0 Å². The van der Waals surface area contributed by atoms with E-state index in [1.807, 2.05) is 49.6 Å². The SMILES string of the molecule is COc1ccc(C)cc1-c1csc(NC(=O)CNC(=O)c2ccccc2C)n1. The summed E-state index contributed by atoms with van der Waals surface area (Å²) in [6.45, 7) is 3.72. The van der Waals surface area contributed by atoms with E-state index in [-0.39, 0.29) is 18.4 Å². The van der Waals surface area contributed by atoms with E-state index < -0.39 is 0 Å². The minimum absolute atomic E-state index is 0.129. The second kappa shape index (κ2) is 8.67. The van der Waals surface area contributed by atoms with Gasteiger partial charge in [-0.3, -0.25) is 9.59 Å². The molecular formula is C21H21N3O3S. The summed E-state index contributed by atoms with van der Waals surface area (Å²) >= 11 is 1.32. The molecule has 3 aromatic rings. The maximum absolute atomic E-state index is 12.2. The number of amides is 2. The van der Waals surface area contributed by atoms with Crippen LogP contribution in [-0.4, -0.2) is 30.5 Å². The van der Waals surface area contributed by atoms with Gasteiger partial charge in [-0.15, -0.1) is 11.3 Å². The van der Waals surface area contributed by atoms with Gasteiger partial charge in [0.2, 0.25) is 5.91 Å². The lowest BCUT2D eigenvalue weighted by atomic mass is 10.1. The Hall–Kier alpha value is -3.19. The van der Waals surface area contributed by atoms with E-state index >= 15 is 0 Å². The molecule has 1 heterocycles. The largest absolute Gasteiger partial charge is 0.496 e. The van der Waals surface area contributed by atoms with Gasteiger partial charge in [0.05, 0.1) is 19.3 Å². The molecule has 0 aliphatic heterocycles. The number of nitrogens with zero attached hydrogens (tertiary/aromatic N) is 1. The van der Waals surface area contributed by atoms with E-state index in [0.717, 1.165) is 28.1 Å². The fourth-order valence-corrected chi connectivity index (χ4v) is 3.45. The maximum atomic E-state index is 12.2. The lowest BCUT2D eigenvalue weighted by Gasteiger charge is -2.08. The average molecular weight is 395 g/mol. The molecule has 0 saturated carbocycles. The molecule has 7 heteroatoms. The molecule has 28 heavy (non-hydrogen) atoms. The second-order valence-corrected chi connectivity index (χ2v) is 7.15. The van der Waals surface area contributed by atoms with Crippen LogP contribution >= 0.6 is 11.3 Å². The van der Waals surface area contributed by atoms with E-state index in [1.165, 1.54) is 11.3 Å². The van der Waals surface area contributed by atoms with E-state index in [2.05, 4.69) is 15.6 Å². The summed E-state index contributed by atoms with van der Waals surface area (Å²) in [6.07, 6.45) is 0. The van der Waals surface area contributed by atoms with E-state index in [4.69, 9.17) is 4.74 Å². The fraction of sp³-hybridized carbons (Fsp3) is 0.190. The smallest absolute Gasteiger partial charge is 0.251 e. The van der Waals surface area contributed by atoms with Crippen molar-refractivity contribution in [2.45, 2.75) is 13.8 Å². The molecule has 2 aromatic carbocycles. The van der Waals surface area contributed by atoms with Crippen molar-refractivity contribution in [2.24, 2.45) is 0 Å². The highest BCUT2D eigenvalue weighted by Gasteiger charge is 2.13. The van der Waals surface area contributed by atoms with Crippen LogP contribution in [0, 0.1) is 13.8 Å². The maximum Gasteiger partial charge on any atom is 0.251 e. The predicted octanol–water partition coefficient (Wildman–Crippen LogP) is 3.80. The molecule has 144 valence electrons. The predicted molar refractivity (Wildman–Crippen MR) is 111 cm³/mol. The molecule has 2 N–H and O–H groups in total. The number of carbonyl (C=O) groups excluding carboxylic acids is 2. The minimum Gasteiger partial charge on any atom is -0.496 e. The van der Waals surface area contributed by atoms with E-state index in [0.29, 0.717) is 10.7 Å². The normalized spacial score (nSPS) is 10.4. The number of thiazole rings is 1. The van der Waals surface area contributed by atoms with Gasteiger partial charge in [-0.1, -0.05) is 29.8 Å². The number of rotatable bonds is 6. The Labute approximate surface area is 167 Å². The quantitative estimate of drug-likeness (QED) is 0.665. The number of aryl methyl sites for hydroxylation is 2. The number of hydrogen-bond donors (Lipinski definition) is 2. The zero-order valence-electron chi connectivity index (χ0n) is 15.9. The number of benzene rings is 2. The van der Waals surface area contributed by atoms with Crippen LogP contribution in [0.4, 0.5) is 5.13 Å². The number of ether oxygens (including phenoxy) is 1. The average Bonchev–Trinajstić information content (AvgIpc) is 3.14. The molecule has 6 nitrogen and oxygen atoms in total. The first-order valence-electron chi connectivity index (χ1n) is 8.72. The van der Waals surface area contributed by atoms with E-state index in [1.54, 1.807) is 19.2 Å². The van der Waals surface area contributed by atoms with Gasteiger partial charge in [0.1, 0.15) is 5.75 Å². The summed E-state index contributed by atoms with van der Waals surface area (Å²) in [4.78, 5) is 28.8. The molecule has 0 unspecified atom stereocenters. The van der Waals surface area contributed by atoms with E-state index in [9.17, 15) is 9.59 Å². The second-order valence-electron chi connectivity index (χ2n) is 6.29. The molecule has 0 fully saturated rings. The molecule has 0 spiro atoms. The number of anilines is 1. The highest BCUT2D eigenvalue weighted by atomic mass is 32.1. The molecule has 0 radical (unpaired) electrons. The van der Waals surface area contributed by atoms with Crippen LogP contribution in [0.5, 0.6) is 5.75 Å². The zero-order chi connectivity index (χ0) is 20.1. The number of aromatic nitrogens is 1. The summed E-state index contributed by atoms with van der Waals surface area (Å²) in [5.74, 6) is 0.107. The lowest BCUT2D eigenvalue weighted by Crippen LogP contribution is -2.33. The highest BCUT2D eigenvalue weighted by molar-refractivity contribution is 7.14. The van der Waals surface area contributed by atoms with Gasteiger partial charge in [-0.05, 0) is 37.6 Å². The Morgan fingerprint density at radius 3 is 2.68 bits per heavy atom. The van der Waals surface area contributed by atoms with Crippen LogP contribution in [0.25, 0.3) is 11.3 Å². The first-order chi connectivity index (χ1) is 13.5. The minimum atomic E-state index is -0.334. The Morgan fingerprint density at radius 2 is 1.93 bits per heavy atom. The van der Waals surface area contributed by atoms with Crippen molar-refractivity contribution in [3.05, 3.63) is 64.5 Å². The van der Waals surface area contributed by atoms with Crippen molar-refractivity contribution in [3.63, 3.8) is 0 Å². The Balaban J connectivity index is 1.62. The first kappa shape index (κ1) is 19.6. The van der Waals surface area contributed by atoms with Crippen molar-refractivity contribution < 1.29 is 14.3 Å². The summed E-state index contributed by atoms with van der Waals surface area (Å²) in [5, 5.41) is 7.67. The van der Waals surface area contributed by atoms with Crippen molar-refractivity contribution in [2.75, 3.05) is 19.0 Å². The highest BCUT2D eigenvalue weighted by Crippen LogP contribution is 2.32. The van der Waals surface area contributed by atoms with Crippen molar-refractivity contribution in [3.8, 4) is 17.0 Å². The number of nitrogens with one attached hydrogen (secondary N) is 2. The molecule has 3 rings (SSSR count). The lowest BCUT2D eigenvalue weighted by molar-refractivity contribution is -0.115. The molecule has 0 bridgehead atoms. The van der Waals surface area contributed by atoms with Crippen LogP contribution < -0.4 is 15.4 Å². The summed E-state index contributed by atoms with van der Waals surface area (Å²) in [7, 11) is 1.61. The van der Waals surface area contributed by atoms with Gasteiger partial charge in [0.15, 0.2) is 5.13 Å². The van der Waals surface area contributed by atoms with Crippen LogP contribution in [0.2, 0.25) is 0 Å². The Kier molecular flexibility index (Phi) is 6.06. The summed E-state index contributed by atoms with van der Waals surface area (Å²) < 4.78 is 5.39. The van der Waals surface area contributed by atoms with Crippen molar-refractivity contribution in [1.29, 1.82) is 0 Å². The monoisotopic (exact) mass is 395 g/mol. The molecule has 0 aliphatic carbocycles. The summed E-state index contributed by atoms with van der Waals surface area (Å²) in [6, 6.07) is 13.1. The van der Waals surface area contributed by atoms with Crippen molar-refractivity contribution in [1.82, 2.24) is 10.3 Å². The molecule has 2 amide bonds. The third kappa shape index (κ3) is 4.55. The molecule has 0 atom stereocenters.